The van der Waals surface area contributed by atoms with E-state index in [4.69, 9.17) is 17.3 Å². The van der Waals surface area contributed by atoms with Crippen molar-refractivity contribution in [1.29, 1.82) is 0 Å². The maximum Gasteiger partial charge on any atom is 0.253 e. The van der Waals surface area contributed by atoms with Crippen LogP contribution >= 0.6 is 11.6 Å². The van der Waals surface area contributed by atoms with Gasteiger partial charge in [0.15, 0.2) is 0 Å². The standard InChI is InChI=1S/C10H14ClN3O3S/c1-6(5-18(2,16)17)14-10(15)7-3-9(11)13-4-8(7)12/h3-4,6H,5,12H2,1-2H3,(H,14,15). The molecule has 0 radical (unpaired) electrons. The predicted molar refractivity (Wildman–Crippen MR) is 70.3 cm³/mol. The van der Waals surface area contributed by atoms with Gasteiger partial charge in [0.05, 0.1) is 23.2 Å². The molecule has 0 aliphatic heterocycles. The van der Waals surface area contributed by atoms with Gasteiger partial charge in [-0.2, -0.15) is 0 Å². The van der Waals surface area contributed by atoms with E-state index in [2.05, 4.69) is 10.3 Å². The highest BCUT2D eigenvalue weighted by Gasteiger charge is 2.16. The number of aromatic nitrogens is 1. The van der Waals surface area contributed by atoms with Crippen molar-refractivity contribution in [3.05, 3.63) is 23.0 Å². The third-order valence-electron chi connectivity index (χ3n) is 2.08. The topological polar surface area (TPSA) is 102 Å². The van der Waals surface area contributed by atoms with Crippen molar-refractivity contribution < 1.29 is 13.2 Å². The summed E-state index contributed by atoms with van der Waals surface area (Å²) in [6.45, 7) is 1.60. The van der Waals surface area contributed by atoms with Crippen molar-refractivity contribution in [3.8, 4) is 0 Å². The minimum absolute atomic E-state index is 0.141. The Morgan fingerprint density at radius 1 is 1.61 bits per heavy atom. The number of sulfone groups is 1. The first-order valence-corrected chi connectivity index (χ1v) is 7.52. The summed E-state index contributed by atoms with van der Waals surface area (Å²) >= 11 is 5.66. The average Bonchev–Trinajstić information content (AvgIpc) is 2.18. The number of amides is 1. The van der Waals surface area contributed by atoms with Gasteiger partial charge in [-0.15, -0.1) is 0 Å². The summed E-state index contributed by atoms with van der Waals surface area (Å²) in [5.74, 6) is -0.620. The van der Waals surface area contributed by atoms with Crippen LogP contribution in [0.15, 0.2) is 12.3 Å². The molecule has 0 saturated carbocycles. The van der Waals surface area contributed by atoms with E-state index in [0.717, 1.165) is 6.26 Å². The first-order valence-electron chi connectivity index (χ1n) is 5.08. The van der Waals surface area contributed by atoms with E-state index < -0.39 is 21.8 Å². The second kappa shape index (κ2) is 5.53. The number of anilines is 1. The van der Waals surface area contributed by atoms with Crippen LogP contribution in [0.25, 0.3) is 0 Å². The van der Waals surface area contributed by atoms with Gasteiger partial charge < -0.3 is 11.1 Å². The molecule has 1 aromatic heterocycles. The number of hydrogen-bond donors (Lipinski definition) is 2. The normalized spacial score (nSPS) is 13.1. The van der Waals surface area contributed by atoms with Crippen molar-refractivity contribution in [2.75, 3.05) is 17.7 Å². The van der Waals surface area contributed by atoms with Crippen molar-refractivity contribution in [1.82, 2.24) is 10.3 Å². The molecule has 1 heterocycles. The molecule has 18 heavy (non-hydrogen) atoms. The minimum atomic E-state index is -3.15. The minimum Gasteiger partial charge on any atom is -0.397 e. The van der Waals surface area contributed by atoms with E-state index in [0.29, 0.717) is 0 Å². The van der Waals surface area contributed by atoms with Gasteiger partial charge in [-0.1, -0.05) is 11.6 Å². The summed E-state index contributed by atoms with van der Waals surface area (Å²) in [6.07, 6.45) is 2.38. The van der Waals surface area contributed by atoms with Crippen LogP contribution < -0.4 is 11.1 Å². The second-order valence-corrected chi connectivity index (χ2v) is 6.63. The second-order valence-electron chi connectivity index (χ2n) is 4.06. The molecule has 3 N–H and O–H groups in total. The van der Waals surface area contributed by atoms with Crippen LogP contribution in [-0.4, -0.2) is 37.4 Å². The van der Waals surface area contributed by atoms with Crippen LogP contribution in [0.2, 0.25) is 5.15 Å². The number of nitrogens with one attached hydrogen (secondary N) is 1. The zero-order valence-electron chi connectivity index (χ0n) is 9.97. The Kier molecular flexibility index (Phi) is 4.53. The van der Waals surface area contributed by atoms with E-state index in [9.17, 15) is 13.2 Å². The first kappa shape index (κ1) is 14.7. The van der Waals surface area contributed by atoms with Crippen LogP contribution in [0.4, 0.5) is 5.69 Å². The Balaban J connectivity index is 2.80. The molecule has 1 rings (SSSR count). The monoisotopic (exact) mass is 291 g/mol. The summed E-state index contributed by atoms with van der Waals surface area (Å²) < 4.78 is 22.1. The number of nitrogens with two attached hydrogens (primary N) is 1. The van der Waals surface area contributed by atoms with Gasteiger partial charge in [0, 0.05) is 12.3 Å². The molecule has 1 atom stereocenters. The largest absolute Gasteiger partial charge is 0.397 e. The zero-order chi connectivity index (χ0) is 13.9. The smallest absolute Gasteiger partial charge is 0.253 e. The van der Waals surface area contributed by atoms with Gasteiger partial charge >= 0.3 is 0 Å². The molecule has 0 bridgehead atoms. The highest BCUT2D eigenvalue weighted by molar-refractivity contribution is 7.90. The molecule has 0 fully saturated rings. The van der Waals surface area contributed by atoms with E-state index in [1.807, 2.05) is 0 Å². The summed E-state index contributed by atoms with van der Waals surface area (Å²) in [5, 5.41) is 2.68. The van der Waals surface area contributed by atoms with Gasteiger partial charge in [-0.25, -0.2) is 13.4 Å². The number of rotatable bonds is 4. The maximum atomic E-state index is 11.8. The SMILES string of the molecule is CC(CS(C)(=O)=O)NC(=O)c1cc(Cl)ncc1N. The van der Waals surface area contributed by atoms with Crippen LogP contribution in [-0.2, 0) is 9.84 Å². The van der Waals surface area contributed by atoms with Crippen LogP contribution in [0.3, 0.4) is 0 Å². The molecular formula is C10H14ClN3O3S. The van der Waals surface area contributed by atoms with Gasteiger partial charge in [0.25, 0.3) is 5.91 Å². The highest BCUT2D eigenvalue weighted by atomic mass is 35.5. The van der Waals surface area contributed by atoms with Crippen LogP contribution in [0.5, 0.6) is 0 Å². The molecule has 0 spiro atoms. The fourth-order valence-corrected chi connectivity index (χ4v) is 2.58. The van der Waals surface area contributed by atoms with Crippen molar-refractivity contribution in [2.45, 2.75) is 13.0 Å². The lowest BCUT2D eigenvalue weighted by molar-refractivity contribution is 0.0944. The molecule has 1 aromatic rings. The van der Waals surface area contributed by atoms with Crippen molar-refractivity contribution in [3.63, 3.8) is 0 Å². The lowest BCUT2D eigenvalue weighted by atomic mass is 10.2. The molecule has 0 aromatic carbocycles. The van der Waals surface area contributed by atoms with Gasteiger partial charge in [-0.05, 0) is 13.0 Å². The van der Waals surface area contributed by atoms with Crippen LogP contribution in [0.1, 0.15) is 17.3 Å². The fraction of sp³-hybridized carbons (Fsp3) is 0.400. The summed E-state index contributed by atoms with van der Waals surface area (Å²) in [5.41, 5.74) is 5.95. The number of hydrogen-bond acceptors (Lipinski definition) is 5. The summed E-state index contributed by atoms with van der Waals surface area (Å²) in [7, 11) is -3.15. The fourth-order valence-electron chi connectivity index (χ4n) is 1.43. The molecule has 100 valence electrons. The maximum absolute atomic E-state index is 11.8. The lowest BCUT2D eigenvalue weighted by Crippen LogP contribution is -2.37. The van der Waals surface area contributed by atoms with Gasteiger partial charge in [-0.3, -0.25) is 4.79 Å². The third kappa shape index (κ3) is 4.50. The highest BCUT2D eigenvalue weighted by Crippen LogP contribution is 2.14. The molecule has 0 aliphatic rings. The number of carbonyl (C=O) groups excluding carboxylic acids is 1. The Hall–Kier alpha value is -1.34. The molecule has 6 nitrogen and oxygen atoms in total. The predicted octanol–water partition coefficient (Wildman–Crippen LogP) is 0.480. The molecule has 0 saturated heterocycles. The number of pyridine rings is 1. The van der Waals surface area contributed by atoms with Gasteiger partial charge in [0.2, 0.25) is 0 Å². The van der Waals surface area contributed by atoms with E-state index in [1.54, 1.807) is 6.92 Å². The van der Waals surface area contributed by atoms with Crippen LogP contribution in [0, 0.1) is 0 Å². The van der Waals surface area contributed by atoms with Gasteiger partial charge in [0.1, 0.15) is 15.0 Å². The summed E-state index contributed by atoms with van der Waals surface area (Å²) in [6, 6.07) is 0.818. The third-order valence-corrected chi connectivity index (χ3v) is 3.39. The van der Waals surface area contributed by atoms with E-state index >= 15 is 0 Å². The Morgan fingerprint density at radius 3 is 2.78 bits per heavy atom. The number of carbonyl (C=O) groups is 1. The molecule has 1 amide bonds. The molecule has 0 aliphatic carbocycles. The van der Waals surface area contributed by atoms with Crippen molar-refractivity contribution >= 4 is 33.0 Å². The molecule has 8 heteroatoms. The Labute approximate surface area is 110 Å². The lowest BCUT2D eigenvalue weighted by Gasteiger charge is -2.13. The summed E-state index contributed by atoms with van der Waals surface area (Å²) in [4.78, 5) is 15.6. The van der Waals surface area contributed by atoms with Crippen molar-refractivity contribution in [2.24, 2.45) is 0 Å². The zero-order valence-corrected chi connectivity index (χ0v) is 11.5. The molecule has 1 unspecified atom stereocenters. The number of halogens is 1. The van der Waals surface area contributed by atoms with E-state index in [-0.39, 0.29) is 22.2 Å². The first-order chi connectivity index (χ1) is 8.19. The number of nitrogen functional groups attached to an aromatic ring is 1. The molecular weight excluding hydrogens is 278 g/mol. The average molecular weight is 292 g/mol. The number of nitrogens with zero attached hydrogens (tertiary/aromatic N) is 1. The van der Waals surface area contributed by atoms with E-state index in [1.165, 1.54) is 12.3 Å². The quantitative estimate of drug-likeness (QED) is 0.786. The Bertz CT molecular complexity index is 559. The Morgan fingerprint density at radius 2 is 2.22 bits per heavy atom.